The van der Waals surface area contributed by atoms with Gasteiger partial charge in [0.1, 0.15) is 0 Å². The summed E-state index contributed by atoms with van der Waals surface area (Å²) in [5.74, 6) is 0.812. The van der Waals surface area contributed by atoms with E-state index in [1.807, 2.05) is 0 Å². The zero-order valence-corrected chi connectivity index (χ0v) is 9.79. The van der Waals surface area contributed by atoms with Gasteiger partial charge in [-0.2, -0.15) is 0 Å². The molecule has 0 aromatic rings. The lowest BCUT2D eigenvalue weighted by atomic mass is 9.74. The molecule has 0 amide bonds. The SMILES string of the molecule is CC1(C)CCCC12CN=C(N)N2C1CC1. The minimum Gasteiger partial charge on any atom is -0.370 e. The predicted octanol–water partition coefficient (Wildman–Crippen LogP) is 1.73. The minimum atomic E-state index is 0.262. The highest BCUT2D eigenvalue weighted by atomic mass is 15.4. The molecular formula is C12H21N3. The van der Waals surface area contributed by atoms with Crippen molar-refractivity contribution < 1.29 is 0 Å². The highest BCUT2D eigenvalue weighted by Gasteiger charge is 2.58. The van der Waals surface area contributed by atoms with E-state index in [0.717, 1.165) is 12.5 Å². The average molecular weight is 207 g/mol. The zero-order chi connectivity index (χ0) is 10.7. The van der Waals surface area contributed by atoms with Crippen molar-refractivity contribution in [1.82, 2.24) is 4.90 Å². The molecule has 1 atom stereocenters. The Balaban J connectivity index is 1.98. The van der Waals surface area contributed by atoms with Crippen LogP contribution in [0.5, 0.6) is 0 Å². The number of nitrogens with zero attached hydrogens (tertiary/aromatic N) is 2. The predicted molar refractivity (Wildman–Crippen MR) is 61.7 cm³/mol. The Morgan fingerprint density at radius 3 is 2.60 bits per heavy atom. The van der Waals surface area contributed by atoms with Crippen molar-refractivity contribution in [1.29, 1.82) is 0 Å². The first-order valence-corrected chi connectivity index (χ1v) is 6.16. The zero-order valence-electron chi connectivity index (χ0n) is 9.79. The van der Waals surface area contributed by atoms with Gasteiger partial charge in [-0.1, -0.05) is 20.3 Å². The first-order chi connectivity index (χ1) is 7.07. The normalized spacial score (nSPS) is 38.8. The molecular weight excluding hydrogens is 186 g/mol. The van der Waals surface area contributed by atoms with Crippen LogP contribution >= 0.6 is 0 Å². The van der Waals surface area contributed by atoms with Crippen molar-refractivity contribution in [2.75, 3.05) is 6.54 Å². The van der Waals surface area contributed by atoms with Crippen LogP contribution in [0.1, 0.15) is 46.0 Å². The lowest BCUT2D eigenvalue weighted by Crippen LogP contribution is -2.58. The second-order valence-electron chi connectivity index (χ2n) is 6.04. The molecule has 0 saturated heterocycles. The van der Waals surface area contributed by atoms with E-state index < -0.39 is 0 Å². The Kier molecular flexibility index (Phi) is 1.70. The standard InChI is InChI=1S/C12H21N3/c1-11(2)6-3-7-12(11)8-14-10(13)15(12)9-4-5-9/h9H,3-8H2,1-2H3,(H2,13,14). The van der Waals surface area contributed by atoms with E-state index in [1.165, 1.54) is 32.1 Å². The average Bonchev–Trinajstić information content (AvgIpc) is 2.86. The van der Waals surface area contributed by atoms with Gasteiger partial charge >= 0.3 is 0 Å². The van der Waals surface area contributed by atoms with Crippen molar-refractivity contribution in [3.63, 3.8) is 0 Å². The Morgan fingerprint density at radius 2 is 2.07 bits per heavy atom. The highest BCUT2D eigenvalue weighted by molar-refractivity contribution is 5.82. The van der Waals surface area contributed by atoms with Crippen LogP contribution in [0.4, 0.5) is 0 Å². The van der Waals surface area contributed by atoms with Crippen molar-refractivity contribution in [2.45, 2.75) is 57.5 Å². The van der Waals surface area contributed by atoms with Gasteiger partial charge in [-0.05, 0) is 31.1 Å². The summed E-state index contributed by atoms with van der Waals surface area (Å²) >= 11 is 0. The van der Waals surface area contributed by atoms with E-state index in [9.17, 15) is 0 Å². The van der Waals surface area contributed by atoms with Crippen LogP contribution in [0.15, 0.2) is 4.99 Å². The van der Waals surface area contributed by atoms with Gasteiger partial charge in [0, 0.05) is 6.04 Å². The molecule has 2 N–H and O–H groups in total. The van der Waals surface area contributed by atoms with Crippen LogP contribution < -0.4 is 5.73 Å². The van der Waals surface area contributed by atoms with Crippen molar-refractivity contribution in [3.8, 4) is 0 Å². The van der Waals surface area contributed by atoms with Crippen LogP contribution in [-0.4, -0.2) is 29.0 Å². The largest absolute Gasteiger partial charge is 0.370 e. The van der Waals surface area contributed by atoms with Gasteiger partial charge < -0.3 is 10.6 Å². The van der Waals surface area contributed by atoms with Crippen molar-refractivity contribution in [2.24, 2.45) is 16.1 Å². The minimum absolute atomic E-state index is 0.262. The maximum Gasteiger partial charge on any atom is 0.192 e. The molecule has 2 saturated carbocycles. The number of rotatable bonds is 1. The smallest absolute Gasteiger partial charge is 0.192 e. The summed E-state index contributed by atoms with van der Waals surface area (Å²) in [5, 5.41) is 0. The molecule has 3 aliphatic rings. The quantitative estimate of drug-likeness (QED) is 0.711. The van der Waals surface area contributed by atoms with E-state index in [1.54, 1.807) is 0 Å². The molecule has 2 aliphatic carbocycles. The summed E-state index contributed by atoms with van der Waals surface area (Å²) in [6.07, 6.45) is 6.56. The fourth-order valence-electron chi connectivity index (χ4n) is 3.59. The summed E-state index contributed by atoms with van der Waals surface area (Å²) in [4.78, 5) is 7.00. The van der Waals surface area contributed by atoms with Gasteiger partial charge in [0.15, 0.2) is 5.96 Å². The van der Waals surface area contributed by atoms with E-state index in [0.29, 0.717) is 11.5 Å². The van der Waals surface area contributed by atoms with E-state index in [-0.39, 0.29) is 5.54 Å². The van der Waals surface area contributed by atoms with Crippen LogP contribution in [0.25, 0.3) is 0 Å². The van der Waals surface area contributed by atoms with Crippen molar-refractivity contribution in [3.05, 3.63) is 0 Å². The maximum absolute atomic E-state index is 6.07. The molecule has 1 heterocycles. The molecule has 1 aliphatic heterocycles. The van der Waals surface area contributed by atoms with Gasteiger partial charge in [0.25, 0.3) is 0 Å². The Labute approximate surface area is 91.7 Å². The maximum atomic E-state index is 6.07. The molecule has 15 heavy (non-hydrogen) atoms. The summed E-state index contributed by atoms with van der Waals surface area (Å²) in [7, 11) is 0. The number of hydrogen-bond donors (Lipinski definition) is 1. The summed E-state index contributed by atoms with van der Waals surface area (Å²) in [6, 6.07) is 0.702. The van der Waals surface area contributed by atoms with E-state index in [4.69, 9.17) is 5.73 Å². The number of hydrogen-bond acceptors (Lipinski definition) is 3. The fraction of sp³-hybridized carbons (Fsp3) is 0.917. The summed E-state index contributed by atoms with van der Waals surface area (Å²) in [5.41, 5.74) is 6.71. The molecule has 2 fully saturated rings. The molecule has 1 unspecified atom stereocenters. The number of guanidine groups is 1. The molecule has 84 valence electrons. The number of nitrogens with two attached hydrogens (primary N) is 1. The highest BCUT2D eigenvalue weighted by Crippen LogP contribution is 2.54. The van der Waals surface area contributed by atoms with Gasteiger partial charge in [-0.25, -0.2) is 0 Å². The molecule has 3 heteroatoms. The second-order valence-corrected chi connectivity index (χ2v) is 6.04. The third-order valence-corrected chi connectivity index (χ3v) is 4.77. The molecule has 3 rings (SSSR count). The summed E-state index contributed by atoms with van der Waals surface area (Å²) < 4.78 is 0. The Bertz CT molecular complexity index is 317. The molecule has 0 aromatic heterocycles. The van der Waals surface area contributed by atoms with E-state index >= 15 is 0 Å². The lowest BCUT2D eigenvalue weighted by Gasteiger charge is -2.46. The number of aliphatic imine (C=N–C) groups is 1. The monoisotopic (exact) mass is 207 g/mol. The molecule has 0 radical (unpaired) electrons. The Morgan fingerprint density at radius 1 is 1.33 bits per heavy atom. The van der Waals surface area contributed by atoms with Gasteiger partial charge in [-0.3, -0.25) is 4.99 Å². The first kappa shape index (κ1) is 9.49. The fourth-order valence-corrected chi connectivity index (χ4v) is 3.59. The third-order valence-electron chi connectivity index (χ3n) is 4.77. The van der Waals surface area contributed by atoms with Crippen LogP contribution in [0.3, 0.4) is 0 Å². The van der Waals surface area contributed by atoms with Crippen LogP contribution in [0.2, 0.25) is 0 Å². The summed E-state index contributed by atoms with van der Waals surface area (Å²) in [6.45, 7) is 5.72. The van der Waals surface area contributed by atoms with Crippen LogP contribution in [0, 0.1) is 5.41 Å². The van der Waals surface area contributed by atoms with E-state index in [2.05, 4.69) is 23.7 Å². The van der Waals surface area contributed by atoms with Gasteiger partial charge in [0.05, 0.1) is 12.1 Å². The third kappa shape index (κ3) is 1.09. The van der Waals surface area contributed by atoms with Gasteiger partial charge in [-0.15, -0.1) is 0 Å². The molecule has 3 nitrogen and oxygen atoms in total. The second kappa shape index (κ2) is 2.69. The topological polar surface area (TPSA) is 41.6 Å². The van der Waals surface area contributed by atoms with Crippen molar-refractivity contribution >= 4 is 5.96 Å². The molecule has 1 spiro atoms. The lowest BCUT2D eigenvalue weighted by molar-refractivity contribution is 0.0780. The first-order valence-electron chi connectivity index (χ1n) is 6.16. The molecule has 0 bridgehead atoms. The van der Waals surface area contributed by atoms with Gasteiger partial charge in [0.2, 0.25) is 0 Å². The molecule has 0 aromatic carbocycles. The Hall–Kier alpha value is -0.730. The van der Waals surface area contributed by atoms with Crippen LogP contribution in [-0.2, 0) is 0 Å².